The van der Waals surface area contributed by atoms with Gasteiger partial charge in [-0.15, -0.1) is 0 Å². The van der Waals surface area contributed by atoms with Crippen molar-refractivity contribution in [3.8, 4) is 5.75 Å². The van der Waals surface area contributed by atoms with Crippen LogP contribution in [0.15, 0.2) is 29.2 Å². The van der Waals surface area contributed by atoms with Gasteiger partial charge in [-0.1, -0.05) is 6.07 Å². The van der Waals surface area contributed by atoms with Gasteiger partial charge in [0.2, 0.25) is 5.43 Å². The van der Waals surface area contributed by atoms with Crippen LogP contribution in [0.25, 0.3) is 0 Å². The molecule has 2 aliphatic rings. The van der Waals surface area contributed by atoms with E-state index in [4.69, 9.17) is 4.74 Å². The van der Waals surface area contributed by atoms with Crippen molar-refractivity contribution in [2.45, 2.75) is 32.3 Å². The molecule has 2 aromatic rings. The Morgan fingerprint density at radius 3 is 2.83 bits per heavy atom. The molecule has 1 saturated heterocycles. The van der Waals surface area contributed by atoms with Gasteiger partial charge < -0.3 is 24.6 Å². The average Bonchev–Trinajstić information content (AvgIpc) is 3.04. The molecular formula is C19H17F2N3O5. The van der Waals surface area contributed by atoms with Gasteiger partial charge in [0.05, 0.1) is 19.2 Å². The number of halogens is 2. The second kappa shape index (κ2) is 6.96. The van der Waals surface area contributed by atoms with Crippen LogP contribution in [0, 0.1) is 11.6 Å². The van der Waals surface area contributed by atoms with E-state index in [1.54, 1.807) is 6.92 Å². The molecule has 0 aliphatic carbocycles. The maximum atomic E-state index is 13.7. The van der Waals surface area contributed by atoms with Gasteiger partial charge in [0, 0.05) is 24.4 Å². The first kappa shape index (κ1) is 19.1. The van der Waals surface area contributed by atoms with Crippen molar-refractivity contribution in [2.24, 2.45) is 0 Å². The Morgan fingerprint density at radius 2 is 2.10 bits per heavy atom. The summed E-state index contributed by atoms with van der Waals surface area (Å²) in [5, 5.41) is 12.7. The van der Waals surface area contributed by atoms with Crippen molar-refractivity contribution in [2.75, 3.05) is 6.61 Å². The number of carbonyl (C=O) groups is 2. The molecule has 2 amide bonds. The molecule has 0 radical (unpaired) electrons. The minimum absolute atomic E-state index is 0.0289. The summed E-state index contributed by atoms with van der Waals surface area (Å²) >= 11 is 0. The molecule has 1 aromatic carbocycles. The highest BCUT2D eigenvalue weighted by Gasteiger charge is 2.42. The van der Waals surface area contributed by atoms with Crippen molar-refractivity contribution < 1.29 is 28.2 Å². The van der Waals surface area contributed by atoms with Crippen molar-refractivity contribution in [1.82, 2.24) is 14.8 Å². The third kappa shape index (κ3) is 3.15. The fourth-order valence-electron chi connectivity index (χ4n) is 3.57. The summed E-state index contributed by atoms with van der Waals surface area (Å²) in [6.07, 6.45) is 0.617. The van der Waals surface area contributed by atoms with Crippen LogP contribution in [0.1, 0.15) is 33.3 Å². The molecule has 0 bridgehead atoms. The van der Waals surface area contributed by atoms with Gasteiger partial charge in [-0.3, -0.25) is 14.4 Å². The second-order valence-electron chi connectivity index (χ2n) is 6.99. The number of rotatable bonds is 3. The van der Waals surface area contributed by atoms with Crippen LogP contribution in [0.2, 0.25) is 0 Å². The van der Waals surface area contributed by atoms with Crippen LogP contribution < -0.4 is 10.7 Å². The highest BCUT2D eigenvalue weighted by atomic mass is 19.1. The standard InChI is InChI=1S/C19H17F2N3O5/c1-9-8-29-14-7-23-6-12(16(25)17(26)15(23)19(28)24(9)14)18(27)22-5-10-2-3-11(20)4-13(10)21/h2-4,6,9,14,26H,5,7-8H2,1H3,(H,22,27)/t9-,14-/m1/s1. The number of ether oxygens (including phenoxy) is 1. The quantitative estimate of drug-likeness (QED) is 0.792. The largest absolute Gasteiger partial charge is 0.503 e. The molecule has 0 spiro atoms. The highest BCUT2D eigenvalue weighted by Crippen LogP contribution is 2.29. The molecule has 3 heterocycles. The molecular weight excluding hydrogens is 388 g/mol. The van der Waals surface area contributed by atoms with Gasteiger partial charge in [-0.25, -0.2) is 8.78 Å². The molecule has 2 N–H and O–H groups in total. The zero-order valence-corrected chi connectivity index (χ0v) is 15.3. The molecule has 29 heavy (non-hydrogen) atoms. The molecule has 2 aliphatic heterocycles. The summed E-state index contributed by atoms with van der Waals surface area (Å²) in [4.78, 5) is 39.1. The number of hydrogen-bond acceptors (Lipinski definition) is 5. The average molecular weight is 405 g/mol. The van der Waals surface area contributed by atoms with Crippen molar-refractivity contribution in [3.63, 3.8) is 0 Å². The zero-order valence-electron chi connectivity index (χ0n) is 15.3. The number of pyridine rings is 1. The van der Waals surface area contributed by atoms with Crippen LogP contribution in [-0.2, 0) is 17.8 Å². The first-order valence-corrected chi connectivity index (χ1v) is 8.90. The van der Waals surface area contributed by atoms with Crippen LogP contribution in [0.3, 0.4) is 0 Å². The van der Waals surface area contributed by atoms with Gasteiger partial charge >= 0.3 is 0 Å². The first-order valence-electron chi connectivity index (χ1n) is 8.90. The fourth-order valence-corrected chi connectivity index (χ4v) is 3.57. The fraction of sp³-hybridized carbons (Fsp3) is 0.316. The molecule has 10 heteroatoms. The lowest BCUT2D eigenvalue weighted by Gasteiger charge is -2.33. The van der Waals surface area contributed by atoms with E-state index in [9.17, 15) is 28.3 Å². The molecule has 1 aromatic heterocycles. The number of carbonyl (C=O) groups excluding carboxylic acids is 2. The second-order valence-corrected chi connectivity index (χ2v) is 6.99. The summed E-state index contributed by atoms with van der Waals surface area (Å²) in [5.74, 6) is -3.83. The lowest BCUT2D eigenvalue weighted by atomic mass is 10.1. The number of aromatic hydroxyl groups is 1. The van der Waals surface area contributed by atoms with E-state index in [2.05, 4.69) is 5.32 Å². The monoisotopic (exact) mass is 405 g/mol. The summed E-state index contributed by atoms with van der Waals surface area (Å²) < 4.78 is 33.6. The minimum Gasteiger partial charge on any atom is -0.503 e. The van der Waals surface area contributed by atoms with E-state index in [1.165, 1.54) is 21.7 Å². The van der Waals surface area contributed by atoms with Crippen LogP contribution in [0.4, 0.5) is 8.78 Å². The zero-order chi connectivity index (χ0) is 20.9. The topological polar surface area (TPSA) is 101 Å². The maximum Gasteiger partial charge on any atom is 0.276 e. The van der Waals surface area contributed by atoms with Gasteiger partial charge in [0.15, 0.2) is 17.7 Å². The predicted octanol–water partition coefficient (Wildman–Crippen LogP) is 0.963. The predicted molar refractivity (Wildman–Crippen MR) is 95.3 cm³/mol. The molecule has 1 fully saturated rings. The van der Waals surface area contributed by atoms with E-state index in [1.807, 2.05) is 0 Å². The molecule has 2 atom stereocenters. The van der Waals surface area contributed by atoms with Gasteiger partial charge in [-0.2, -0.15) is 0 Å². The summed E-state index contributed by atoms with van der Waals surface area (Å²) in [6, 6.07) is 2.70. The number of fused-ring (bicyclic) bond motifs is 2. The Hall–Kier alpha value is -3.27. The van der Waals surface area contributed by atoms with Crippen molar-refractivity contribution in [1.29, 1.82) is 0 Å². The highest BCUT2D eigenvalue weighted by molar-refractivity contribution is 5.99. The van der Waals surface area contributed by atoms with E-state index in [0.717, 1.165) is 6.07 Å². The number of nitrogens with zero attached hydrogens (tertiary/aromatic N) is 2. The molecule has 152 valence electrons. The van der Waals surface area contributed by atoms with E-state index >= 15 is 0 Å². The normalized spacial score (nSPS) is 20.4. The van der Waals surface area contributed by atoms with Crippen LogP contribution in [-0.4, -0.2) is 45.3 Å². The smallest absolute Gasteiger partial charge is 0.276 e. The summed E-state index contributed by atoms with van der Waals surface area (Å²) in [5.41, 5.74) is -1.58. The third-order valence-corrected chi connectivity index (χ3v) is 5.06. The van der Waals surface area contributed by atoms with E-state index in [0.29, 0.717) is 12.7 Å². The molecule has 8 nitrogen and oxygen atoms in total. The van der Waals surface area contributed by atoms with Crippen LogP contribution in [0.5, 0.6) is 5.75 Å². The summed E-state index contributed by atoms with van der Waals surface area (Å²) in [7, 11) is 0. The number of benzene rings is 1. The van der Waals surface area contributed by atoms with Gasteiger partial charge in [0.1, 0.15) is 17.2 Å². The molecule has 0 saturated carbocycles. The lowest BCUT2D eigenvalue weighted by molar-refractivity contribution is 0.00624. The van der Waals surface area contributed by atoms with Gasteiger partial charge in [0.25, 0.3) is 11.8 Å². The number of aromatic nitrogens is 1. The van der Waals surface area contributed by atoms with Crippen LogP contribution >= 0.6 is 0 Å². The van der Waals surface area contributed by atoms with Crippen molar-refractivity contribution >= 4 is 11.8 Å². The van der Waals surface area contributed by atoms with Crippen molar-refractivity contribution in [3.05, 3.63) is 63.1 Å². The SMILES string of the molecule is C[C@@H]1CO[C@@H]2Cn3cc(C(=O)NCc4ccc(F)cc4F)c(=O)c(O)c3C(=O)N12. The Labute approximate surface area is 163 Å². The Morgan fingerprint density at radius 1 is 1.34 bits per heavy atom. The number of hydrogen-bond donors (Lipinski definition) is 2. The number of nitrogens with one attached hydrogen (secondary N) is 1. The molecule has 4 rings (SSSR count). The lowest BCUT2D eigenvalue weighted by Crippen LogP contribution is -2.49. The van der Waals surface area contributed by atoms with E-state index in [-0.39, 0.29) is 30.4 Å². The Bertz CT molecular complexity index is 1080. The number of amides is 2. The molecule has 0 unspecified atom stereocenters. The van der Waals surface area contributed by atoms with E-state index < -0.39 is 46.4 Å². The first-order chi connectivity index (χ1) is 13.8. The minimum atomic E-state index is -1.01. The Balaban J connectivity index is 1.62. The Kier molecular flexibility index (Phi) is 4.58. The summed E-state index contributed by atoms with van der Waals surface area (Å²) in [6.45, 7) is 1.97. The maximum absolute atomic E-state index is 13.7. The third-order valence-electron chi connectivity index (χ3n) is 5.06. The van der Waals surface area contributed by atoms with Gasteiger partial charge in [-0.05, 0) is 13.0 Å².